The van der Waals surface area contributed by atoms with Crippen LogP contribution in [0.2, 0.25) is 0 Å². The molecule has 5 heteroatoms. The Balaban J connectivity index is 2.30. The van der Waals surface area contributed by atoms with Crippen molar-refractivity contribution in [2.24, 2.45) is 11.8 Å². The molecule has 1 aliphatic rings. The number of carboxylic acid groups (broad SMARTS) is 1. The third-order valence-electron chi connectivity index (χ3n) is 3.27. The van der Waals surface area contributed by atoms with Crippen molar-refractivity contribution in [2.75, 3.05) is 0 Å². The van der Waals surface area contributed by atoms with Crippen molar-refractivity contribution in [3.63, 3.8) is 0 Å². The standard InChI is InChI=1S/C13H16N2O3/c1-8-7-9(2)15(14-8)12(16)10-5-3-4-6-11(10)13(17)18/h3-4,7,10-11H,5-6H2,1-2H3,(H,17,18)/p-1/t10-,11-/m0/s1. The summed E-state index contributed by atoms with van der Waals surface area (Å²) < 4.78 is 1.30. The average Bonchev–Trinajstić information content (AvgIpc) is 2.67. The molecule has 96 valence electrons. The van der Waals surface area contributed by atoms with E-state index < -0.39 is 17.8 Å². The second-order valence-corrected chi connectivity index (χ2v) is 4.65. The molecule has 1 aromatic rings. The summed E-state index contributed by atoms with van der Waals surface area (Å²) in [5, 5.41) is 15.2. The van der Waals surface area contributed by atoms with E-state index in [1.807, 2.05) is 6.08 Å². The number of aromatic nitrogens is 2. The van der Waals surface area contributed by atoms with Gasteiger partial charge in [-0.15, -0.1) is 0 Å². The molecule has 1 heterocycles. The van der Waals surface area contributed by atoms with Gasteiger partial charge in [-0.25, -0.2) is 4.68 Å². The first kappa shape index (κ1) is 12.5. The fourth-order valence-electron chi connectivity index (χ4n) is 2.36. The van der Waals surface area contributed by atoms with Crippen LogP contribution in [0.15, 0.2) is 18.2 Å². The maximum Gasteiger partial charge on any atom is 0.251 e. The molecule has 2 rings (SSSR count). The zero-order valence-corrected chi connectivity index (χ0v) is 10.4. The van der Waals surface area contributed by atoms with Crippen molar-refractivity contribution in [1.29, 1.82) is 0 Å². The molecule has 0 aromatic carbocycles. The van der Waals surface area contributed by atoms with E-state index >= 15 is 0 Å². The molecular weight excluding hydrogens is 232 g/mol. The van der Waals surface area contributed by atoms with Crippen molar-refractivity contribution in [2.45, 2.75) is 26.7 Å². The molecule has 1 aliphatic carbocycles. The molecule has 0 radical (unpaired) electrons. The Bertz CT molecular complexity index is 516. The Hall–Kier alpha value is -1.91. The number of hydrogen-bond donors (Lipinski definition) is 0. The van der Waals surface area contributed by atoms with Crippen LogP contribution < -0.4 is 5.11 Å². The number of carbonyl (C=O) groups excluding carboxylic acids is 2. The van der Waals surface area contributed by atoms with E-state index in [1.165, 1.54) is 4.68 Å². The summed E-state index contributed by atoms with van der Waals surface area (Å²) in [6, 6.07) is 1.80. The average molecular weight is 247 g/mol. The summed E-state index contributed by atoms with van der Waals surface area (Å²) in [4.78, 5) is 23.4. The van der Waals surface area contributed by atoms with Gasteiger partial charge in [0.05, 0.1) is 11.6 Å². The molecule has 1 aromatic heterocycles. The van der Waals surface area contributed by atoms with Gasteiger partial charge in [-0.3, -0.25) is 4.79 Å². The highest BCUT2D eigenvalue weighted by atomic mass is 16.4. The molecule has 0 spiro atoms. The number of rotatable bonds is 2. The molecule has 0 aliphatic heterocycles. The fraction of sp³-hybridized carbons (Fsp3) is 0.462. The zero-order valence-electron chi connectivity index (χ0n) is 10.4. The minimum atomic E-state index is -1.17. The van der Waals surface area contributed by atoms with Gasteiger partial charge in [0.15, 0.2) is 0 Å². The quantitative estimate of drug-likeness (QED) is 0.712. The van der Waals surface area contributed by atoms with Crippen LogP contribution in [-0.4, -0.2) is 21.7 Å². The first-order valence-electron chi connectivity index (χ1n) is 5.94. The molecule has 5 nitrogen and oxygen atoms in total. The first-order chi connectivity index (χ1) is 8.50. The topological polar surface area (TPSA) is 75.0 Å². The Morgan fingerprint density at radius 2 is 1.89 bits per heavy atom. The molecule has 0 saturated carbocycles. The summed E-state index contributed by atoms with van der Waals surface area (Å²) >= 11 is 0. The maximum absolute atomic E-state index is 12.3. The number of aliphatic carboxylic acids is 1. The molecule has 0 bridgehead atoms. The van der Waals surface area contributed by atoms with E-state index in [-0.39, 0.29) is 5.91 Å². The third kappa shape index (κ3) is 2.20. The Morgan fingerprint density at radius 3 is 2.39 bits per heavy atom. The van der Waals surface area contributed by atoms with Crippen LogP contribution in [0.4, 0.5) is 0 Å². The summed E-state index contributed by atoms with van der Waals surface area (Å²) in [6.07, 6.45) is 4.40. The lowest BCUT2D eigenvalue weighted by molar-refractivity contribution is -0.312. The first-order valence-corrected chi connectivity index (χ1v) is 5.94. The second kappa shape index (κ2) is 4.76. The highest BCUT2D eigenvalue weighted by molar-refractivity contribution is 5.86. The SMILES string of the molecule is Cc1cc(C)n(C(=O)[C@H]2CC=CC[C@@H]2C(=O)[O-])n1. The Morgan fingerprint density at radius 1 is 1.28 bits per heavy atom. The highest BCUT2D eigenvalue weighted by Crippen LogP contribution is 2.27. The summed E-state index contributed by atoms with van der Waals surface area (Å²) in [7, 11) is 0. The van der Waals surface area contributed by atoms with Gasteiger partial charge in [-0.1, -0.05) is 12.2 Å². The lowest BCUT2D eigenvalue weighted by atomic mass is 9.82. The van der Waals surface area contributed by atoms with Gasteiger partial charge >= 0.3 is 0 Å². The molecule has 2 atom stereocenters. The lowest BCUT2D eigenvalue weighted by Crippen LogP contribution is -2.41. The van der Waals surface area contributed by atoms with Crippen molar-refractivity contribution in [3.8, 4) is 0 Å². The van der Waals surface area contributed by atoms with Gasteiger partial charge < -0.3 is 9.90 Å². The van der Waals surface area contributed by atoms with Gasteiger partial charge in [0, 0.05) is 17.6 Å². The van der Waals surface area contributed by atoms with Gasteiger partial charge in [0.25, 0.3) is 5.91 Å². The lowest BCUT2D eigenvalue weighted by Gasteiger charge is -2.27. The van der Waals surface area contributed by atoms with Crippen LogP contribution in [-0.2, 0) is 4.79 Å². The smallest absolute Gasteiger partial charge is 0.251 e. The van der Waals surface area contributed by atoms with Crippen molar-refractivity contribution >= 4 is 11.9 Å². The maximum atomic E-state index is 12.3. The second-order valence-electron chi connectivity index (χ2n) is 4.65. The van der Waals surface area contributed by atoms with E-state index in [0.29, 0.717) is 12.8 Å². The van der Waals surface area contributed by atoms with Crippen molar-refractivity contribution < 1.29 is 14.7 Å². The van der Waals surface area contributed by atoms with E-state index in [4.69, 9.17) is 0 Å². The molecule has 0 saturated heterocycles. The van der Waals surface area contributed by atoms with E-state index in [9.17, 15) is 14.7 Å². The van der Waals surface area contributed by atoms with Crippen molar-refractivity contribution in [3.05, 3.63) is 29.6 Å². The van der Waals surface area contributed by atoms with Crippen LogP contribution in [0.3, 0.4) is 0 Å². The number of carbonyl (C=O) groups is 2. The Labute approximate surface area is 105 Å². The monoisotopic (exact) mass is 247 g/mol. The van der Waals surface area contributed by atoms with Crippen LogP contribution in [0.5, 0.6) is 0 Å². The molecule has 0 amide bonds. The zero-order chi connectivity index (χ0) is 13.3. The largest absolute Gasteiger partial charge is 0.550 e. The number of allylic oxidation sites excluding steroid dienone is 2. The summed E-state index contributed by atoms with van der Waals surface area (Å²) in [5.41, 5.74) is 1.47. The van der Waals surface area contributed by atoms with Crippen LogP contribution >= 0.6 is 0 Å². The number of hydrogen-bond acceptors (Lipinski definition) is 4. The minimum Gasteiger partial charge on any atom is -0.550 e. The molecular formula is C13H15N2O3-. The predicted octanol–water partition coefficient (Wildman–Crippen LogP) is 0.472. The van der Waals surface area contributed by atoms with Gasteiger partial charge in [0.1, 0.15) is 0 Å². The van der Waals surface area contributed by atoms with Gasteiger partial charge in [0.2, 0.25) is 0 Å². The summed E-state index contributed by atoms with van der Waals surface area (Å²) in [5.74, 6) is -2.78. The Kier molecular flexibility index (Phi) is 3.32. The third-order valence-corrected chi connectivity index (χ3v) is 3.27. The predicted molar refractivity (Wildman–Crippen MR) is 62.7 cm³/mol. The van der Waals surface area contributed by atoms with E-state index in [1.54, 1.807) is 26.0 Å². The number of carboxylic acids is 1. The number of nitrogens with zero attached hydrogens (tertiary/aromatic N) is 2. The van der Waals surface area contributed by atoms with Crippen molar-refractivity contribution in [1.82, 2.24) is 9.78 Å². The number of aryl methyl sites for hydroxylation is 2. The van der Waals surface area contributed by atoms with Crippen LogP contribution in [0, 0.1) is 25.7 Å². The molecule has 0 N–H and O–H groups in total. The molecule has 0 unspecified atom stereocenters. The normalized spacial score (nSPS) is 23.0. The highest BCUT2D eigenvalue weighted by Gasteiger charge is 2.31. The van der Waals surface area contributed by atoms with Gasteiger partial charge in [-0.05, 0) is 32.8 Å². The van der Waals surface area contributed by atoms with Crippen LogP contribution in [0.25, 0.3) is 0 Å². The van der Waals surface area contributed by atoms with Gasteiger partial charge in [-0.2, -0.15) is 5.10 Å². The van der Waals surface area contributed by atoms with E-state index in [2.05, 4.69) is 5.10 Å². The minimum absolute atomic E-state index is 0.265. The molecule has 18 heavy (non-hydrogen) atoms. The van der Waals surface area contributed by atoms with Crippen LogP contribution in [0.1, 0.15) is 29.0 Å². The summed E-state index contributed by atoms with van der Waals surface area (Å²) in [6.45, 7) is 3.58. The van der Waals surface area contributed by atoms with E-state index in [0.717, 1.165) is 11.4 Å². The fourth-order valence-corrected chi connectivity index (χ4v) is 2.36. The molecule has 0 fully saturated rings.